The summed E-state index contributed by atoms with van der Waals surface area (Å²) in [6, 6.07) is 11.3. The van der Waals surface area contributed by atoms with Crippen molar-refractivity contribution in [3.8, 4) is 0 Å². The molecule has 4 rings (SSSR count). The molecule has 24 heavy (non-hydrogen) atoms. The van der Waals surface area contributed by atoms with Crippen molar-refractivity contribution in [2.75, 3.05) is 10.8 Å². The number of para-hydroxylation sites is 1. The predicted molar refractivity (Wildman–Crippen MR) is 91.1 cm³/mol. The summed E-state index contributed by atoms with van der Waals surface area (Å²) < 4.78 is 41.2. The zero-order valence-electron chi connectivity index (χ0n) is 13.0. The first kappa shape index (κ1) is 15.1. The largest absolute Gasteiger partial charge is 0.266 e. The van der Waals surface area contributed by atoms with Gasteiger partial charge in [0.15, 0.2) is 0 Å². The number of fused-ring (bicyclic) bond motifs is 2. The Morgan fingerprint density at radius 1 is 1.17 bits per heavy atom. The Morgan fingerprint density at radius 3 is 2.83 bits per heavy atom. The number of benzene rings is 2. The van der Waals surface area contributed by atoms with E-state index in [1.165, 1.54) is 16.4 Å². The van der Waals surface area contributed by atoms with Gasteiger partial charge in [-0.2, -0.15) is 0 Å². The van der Waals surface area contributed by atoms with Gasteiger partial charge in [-0.05, 0) is 48.7 Å². The molecular formula is C18H15FN2O2S. The van der Waals surface area contributed by atoms with Gasteiger partial charge in [0.2, 0.25) is 0 Å². The second-order valence-corrected chi connectivity index (χ2v) is 7.77. The minimum atomic E-state index is -3.80. The van der Waals surface area contributed by atoms with Gasteiger partial charge in [-0.3, -0.25) is 9.29 Å². The number of hydrogen-bond acceptors (Lipinski definition) is 3. The number of nitrogens with zero attached hydrogens (tertiary/aromatic N) is 2. The molecule has 1 aliphatic rings. The molecule has 0 unspecified atom stereocenters. The molecule has 0 N–H and O–H groups in total. The molecule has 1 aliphatic heterocycles. The number of anilines is 1. The molecule has 0 saturated carbocycles. The summed E-state index contributed by atoms with van der Waals surface area (Å²) in [6.07, 6.45) is 2.23. The van der Waals surface area contributed by atoms with Gasteiger partial charge in [0.25, 0.3) is 10.0 Å². The summed E-state index contributed by atoms with van der Waals surface area (Å²) in [5.74, 6) is -0.442. The van der Waals surface area contributed by atoms with Crippen LogP contribution >= 0.6 is 0 Å². The molecule has 6 heteroatoms. The average Bonchev–Trinajstić information content (AvgIpc) is 2.97. The van der Waals surface area contributed by atoms with E-state index in [2.05, 4.69) is 4.98 Å². The van der Waals surface area contributed by atoms with Crippen molar-refractivity contribution in [2.24, 2.45) is 0 Å². The van der Waals surface area contributed by atoms with Crippen LogP contribution in [0.1, 0.15) is 11.1 Å². The van der Waals surface area contributed by atoms with Gasteiger partial charge in [-0.1, -0.05) is 18.2 Å². The molecule has 0 bridgehead atoms. The highest BCUT2D eigenvalue weighted by Crippen LogP contribution is 2.35. The summed E-state index contributed by atoms with van der Waals surface area (Å²) >= 11 is 0. The minimum Gasteiger partial charge on any atom is -0.266 e. The van der Waals surface area contributed by atoms with Gasteiger partial charge in [0.05, 0.1) is 11.2 Å². The predicted octanol–water partition coefficient (Wildman–Crippen LogP) is 3.43. The molecule has 0 aliphatic carbocycles. The molecule has 0 radical (unpaired) electrons. The number of hydrogen-bond donors (Lipinski definition) is 0. The Bertz CT molecular complexity index is 1060. The fourth-order valence-electron chi connectivity index (χ4n) is 3.14. The minimum absolute atomic E-state index is 0.150. The number of halogens is 1. The molecule has 0 spiro atoms. The van der Waals surface area contributed by atoms with Crippen LogP contribution in [-0.4, -0.2) is 19.9 Å². The molecule has 0 saturated heterocycles. The standard InChI is InChI=1S/C18H15FN2O2S/c1-12-9-14-3-2-4-17(18(14)20-11-12)24(22,23)21-8-7-13-5-6-15(19)10-16(13)21/h2-6,9-11H,7-8H2,1H3. The van der Waals surface area contributed by atoms with Crippen molar-refractivity contribution in [3.63, 3.8) is 0 Å². The molecular weight excluding hydrogens is 327 g/mol. The van der Waals surface area contributed by atoms with Crippen LogP contribution < -0.4 is 4.31 Å². The summed E-state index contributed by atoms with van der Waals surface area (Å²) in [7, 11) is -3.80. The van der Waals surface area contributed by atoms with E-state index in [0.29, 0.717) is 24.2 Å². The van der Waals surface area contributed by atoms with Crippen molar-refractivity contribution >= 4 is 26.6 Å². The Kier molecular flexibility index (Phi) is 3.31. The van der Waals surface area contributed by atoms with Crippen LogP contribution in [0.2, 0.25) is 0 Å². The van der Waals surface area contributed by atoms with Gasteiger partial charge in [0, 0.05) is 18.1 Å². The second-order valence-electron chi connectivity index (χ2n) is 5.94. The van der Waals surface area contributed by atoms with E-state index in [9.17, 15) is 12.8 Å². The molecule has 0 amide bonds. The highest BCUT2D eigenvalue weighted by atomic mass is 32.2. The Labute approximate surface area is 139 Å². The smallest absolute Gasteiger partial charge is 0.266 e. The van der Waals surface area contributed by atoms with Crippen LogP contribution in [0.5, 0.6) is 0 Å². The molecule has 4 nitrogen and oxygen atoms in total. The monoisotopic (exact) mass is 342 g/mol. The van der Waals surface area contributed by atoms with Gasteiger partial charge in [-0.15, -0.1) is 0 Å². The first-order valence-corrected chi connectivity index (χ1v) is 9.07. The van der Waals surface area contributed by atoms with Crippen LogP contribution in [0.4, 0.5) is 10.1 Å². The first-order chi connectivity index (χ1) is 11.5. The second kappa shape index (κ2) is 5.27. The van der Waals surface area contributed by atoms with E-state index >= 15 is 0 Å². The SMILES string of the molecule is Cc1cnc2c(S(=O)(=O)N3CCc4ccc(F)cc43)cccc2c1. The zero-order chi connectivity index (χ0) is 16.9. The molecule has 2 aromatic carbocycles. The Hall–Kier alpha value is -2.47. The Morgan fingerprint density at radius 2 is 2.00 bits per heavy atom. The normalized spacial score (nSPS) is 14.2. The van der Waals surface area contributed by atoms with Gasteiger partial charge < -0.3 is 0 Å². The Balaban J connectivity index is 1.90. The third-order valence-corrected chi connectivity index (χ3v) is 6.12. The van der Waals surface area contributed by atoms with Crippen LogP contribution in [0.3, 0.4) is 0 Å². The fraction of sp³-hybridized carbons (Fsp3) is 0.167. The van der Waals surface area contributed by atoms with E-state index in [4.69, 9.17) is 0 Å². The topological polar surface area (TPSA) is 50.3 Å². The highest BCUT2D eigenvalue weighted by molar-refractivity contribution is 7.93. The van der Waals surface area contributed by atoms with Gasteiger partial charge >= 0.3 is 0 Å². The summed E-state index contributed by atoms with van der Waals surface area (Å²) in [4.78, 5) is 4.46. The van der Waals surface area contributed by atoms with E-state index < -0.39 is 15.8 Å². The number of rotatable bonds is 2. The summed E-state index contributed by atoms with van der Waals surface area (Å²) in [6.45, 7) is 2.22. The summed E-state index contributed by atoms with van der Waals surface area (Å²) in [5, 5.41) is 0.773. The lowest BCUT2D eigenvalue weighted by Crippen LogP contribution is -2.29. The fourth-order valence-corrected chi connectivity index (χ4v) is 4.81. The van der Waals surface area contributed by atoms with Crippen LogP contribution in [-0.2, 0) is 16.4 Å². The third-order valence-electron chi connectivity index (χ3n) is 4.28. The van der Waals surface area contributed by atoms with Crippen molar-refractivity contribution in [2.45, 2.75) is 18.2 Å². The molecule has 1 aromatic heterocycles. The van der Waals surface area contributed by atoms with E-state index in [0.717, 1.165) is 16.5 Å². The van der Waals surface area contributed by atoms with Gasteiger partial charge in [0.1, 0.15) is 10.7 Å². The number of pyridine rings is 1. The number of aromatic nitrogens is 1. The van der Waals surface area contributed by atoms with Crippen molar-refractivity contribution in [1.82, 2.24) is 4.98 Å². The van der Waals surface area contributed by atoms with E-state index in [1.807, 2.05) is 19.1 Å². The van der Waals surface area contributed by atoms with Crippen molar-refractivity contribution < 1.29 is 12.8 Å². The third kappa shape index (κ3) is 2.26. The maximum Gasteiger partial charge on any atom is 0.266 e. The molecule has 122 valence electrons. The van der Waals surface area contributed by atoms with E-state index in [-0.39, 0.29) is 4.90 Å². The van der Waals surface area contributed by atoms with E-state index in [1.54, 1.807) is 24.4 Å². The van der Waals surface area contributed by atoms with Crippen LogP contribution in [0.15, 0.2) is 53.6 Å². The lowest BCUT2D eigenvalue weighted by atomic mass is 10.2. The molecule has 0 fully saturated rings. The quantitative estimate of drug-likeness (QED) is 0.717. The lowest BCUT2D eigenvalue weighted by molar-refractivity contribution is 0.593. The number of sulfonamides is 1. The molecule has 3 aromatic rings. The van der Waals surface area contributed by atoms with Crippen LogP contribution in [0.25, 0.3) is 10.9 Å². The number of aryl methyl sites for hydroxylation is 1. The average molecular weight is 342 g/mol. The molecule has 0 atom stereocenters. The highest BCUT2D eigenvalue weighted by Gasteiger charge is 2.32. The van der Waals surface area contributed by atoms with Crippen molar-refractivity contribution in [3.05, 3.63) is 65.6 Å². The lowest BCUT2D eigenvalue weighted by Gasteiger charge is -2.20. The maximum atomic E-state index is 13.6. The molecule has 2 heterocycles. The first-order valence-electron chi connectivity index (χ1n) is 7.63. The zero-order valence-corrected chi connectivity index (χ0v) is 13.8. The summed E-state index contributed by atoms with van der Waals surface area (Å²) in [5.41, 5.74) is 2.65. The van der Waals surface area contributed by atoms with Gasteiger partial charge in [-0.25, -0.2) is 12.8 Å². The van der Waals surface area contributed by atoms with Crippen molar-refractivity contribution in [1.29, 1.82) is 0 Å². The van der Waals surface area contributed by atoms with Crippen LogP contribution in [0, 0.1) is 12.7 Å². The maximum absolute atomic E-state index is 13.6.